The summed E-state index contributed by atoms with van der Waals surface area (Å²) in [4.78, 5) is 17.0. The standard InChI is InChI=1S/C15H24N4O2/c1-4-6-10-18(3)15(16-5-2)17-12-13-8-7-9-14(11-13)19(20)21/h7-9,11H,4-6,10,12H2,1-3H3,(H,16,17). The molecule has 6 heteroatoms. The third kappa shape index (κ3) is 5.81. The third-order valence-electron chi connectivity index (χ3n) is 3.08. The molecule has 0 saturated carbocycles. The van der Waals surface area contributed by atoms with Gasteiger partial charge in [0.15, 0.2) is 5.96 Å². The molecule has 0 saturated heterocycles. The quantitative estimate of drug-likeness (QED) is 0.363. The lowest BCUT2D eigenvalue weighted by Gasteiger charge is -2.21. The van der Waals surface area contributed by atoms with Crippen LogP contribution in [0.5, 0.6) is 0 Å². The largest absolute Gasteiger partial charge is 0.357 e. The van der Waals surface area contributed by atoms with Gasteiger partial charge in [0.1, 0.15) is 0 Å². The van der Waals surface area contributed by atoms with Crippen LogP contribution in [0.2, 0.25) is 0 Å². The molecule has 1 aromatic rings. The Kier molecular flexibility index (Phi) is 7.21. The Bertz CT molecular complexity index is 488. The molecule has 1 aromatic carbocycles. The molecule has 0 bridgehead atoms. The van der Waals surface area contributed by atoms with Crippen molar-refractivity contribution in [2.75, 3.05) is 20.1 Å². The van der Waals surface area contributed by atoms with Crippen LogP contribution in [0.4, 0.5) is 5.69 Å². The number of nitro benzene ring substituents is 1. The molecule has 6 nitrogen and oxygen atoms in total. The van der Waals surface area contributed by atoms with Gasteiger partial charge in [-0.25, -0.2) is 4.99 Å². The van der Waals surface area contributed by atoms with Crippen LogP contribution in [0, 0.1) is 10.1 Å². The fourth-order valence-electron chi connectivity index (χ4n) is 1.91. The lowest BCUT2D eigenvalue weighted by molar-refractivity contribution is -0.384. The lowest BCUT2D eigenvalue weighted by atomic mass is 10.2. The Morgan fingerprint density at radius 2 is 2.19 bits per heavy atom. The smallest absolute Gasteiger partial charge is 0.269 e. The van der Waals surface area contributed by atoms with Crippen molar-refractivity contribution in [3.8, 4) is 0 Å². The van der Waals surface area contributed by atoms with Crippen LogP contribution in [0.1, 0.15) is 32.3 Å². The fraction of sp³-hybridized carbons (Fsp3) is 0.533. The van der Waals surface area contributed by atoms with Crippen LogP contribution in [0.15, 0.2) is 29.3 Å². The van der Waals surface area contributed by atoms with E-state index in [0.717, 1.165) is 37.5 Å². The van der Waals surface area contributed by atoms with Crippen LogP contribution in [0.3, 0.4) is 0 Å². The molecule has 0 aliphatic carbocycles. The number of non-ortho nitro benzene ring substituents is 1. The molecule has 0 heterocycles. The summed E-state index contributed by atoms with van der Waals surface area (Å²) in [5.41, 5.74) is 0.940. The first-order valence-corrected chi connectivity index (χ1v) is 7.31. The Morgan fingerprint density at radius 3 is 2.81 bits per heavy atom. The fourth-order valence-corrected chi connectivity index (χ4v) is 1.91. The monoisotopic (exact) mass is 292 g/mol. The van der Waals surface area contributed by atoms with Crippen molar-refractivity contribution < 1.29 is 4.92 Å². The molecule has 0 atom stereocenters. The van der Waals surface area contributed by atoms with Gasteiger partial charge in [0.2, 0.25) is 0 Å². The second-order valence-electron chi connectivity index (χ2n) is 4.87. The molecule has 0 aliphatic rings. The summed E-state index contributed by atoms with van der Waals surface area (Å²) in [6, 6.07) is 6.60. The van der Waals surface area contributed by atoms with Gasteiger partial charge in [-0.1, -0.05) is 25.5 Å². The first-order valence-electron chi connectivity index (χ1n) is 7.31. The van der Waals surface area contributed by atoms with E-state index in [1.54, 1.807) is 12.1 Å². The van der Waals surface area contributed by atoms with Crippen LogP contribution >= 0.6 is 0 Å². The number of aliphatic imine (C=N–C) groups is 1. The van der Waals surface area contributed by atoms with Crippen LogP contribution in [0.25, 0.3) is 0 Å². The number of hydrogen-bond acceptors (Lipinski definition) is 3. The average molecular weight is 292 g/mol. The lowest BCUT2D eigenvalue weighted by Crippen LogP contribution is -2.39. The molecule has 1 N–H and O–H groups in total. The van der Waals surface area contributed by atoms with Crippen molar-refractivity contribution in [3.05, 3.63) is 39.9 Å². The molecule has 0 spiro atoms. The SMILES string of the molecule is CCCCN(C)C(=NCc1cccc([N+](=O)[O-])c1)NCC. The molecule has 116 valence electrons. The second-order valence-corrected chi connectivity index (χ2v) is 4.87. The van der Waals surface area contributed by atoms with Crippen LogP contribution in [-0.4, -0.2) is 35.9 Å². The molecular weight excluding hydrogens is 268 g/mol. The van der Waals surface area contributed by atoms with Gasteiger partial charge in [0.05, 0.1) is 11.5 Å². The normalized spacial score (nSPS) is 11.3. The Morgan fingerprint density at radius 1 is 1.43 bits per heavy atom. The van der Waals surface area contributed by atoms with Crippen molar-refractivity contribution in [3.63, 3.8) is 0 Å². The number of benzene rings is 1. The van der Waals surface area contributed by atoms with Gasteiger partial charge in [-0.05, 0) is 18.9 Å². The predicted octanol–water partition coefficient (Wildman–Crippen LogP) is 2.79. The molecule has 21 heavy (non-hydrogen) atoms. The van der Waals surface area contributed by atoms with Crippen molar-refractivity contribution >= 4 is 11.6 Å². The summed E-state index contributed by atoms with van der Waals surface area (Å²) < 4.78 is 0. The second kappa shape index (κ2) is 8.94. The molecule has 1 rings (SSSR count). The number of unbranched alkanes of at least 4 members (excludes halogenated alkanes) is 1. The number of nitro groups is 1. The summed E-state index contributed by atoms with van der Waals surface area (Å²) in [6.07, 6.45) is 2.24. The minimum Gasteiger partial charge on any atom is -0.357 e. The summed E-state index contributed by atoms with van der Waals surface area (Å²) >= 11 is 0. The summed E-state index contributed by atoms with van der Waals surface area (Å²) in [5, 5.41) is 14.0. The Hall–Kier alpha value is -2.11. The molecule has 0 aliphatic heterocycles. The summed E-state index contributed by atoms with van der Waals surface area (Å²) in [6.45, 7) is 6.35. The van der Waals surface area contributed by atoms with E-state index in [4.69, 9.17) is 0 Å². The van der Waals surface area contributed by atoms with Gasteiger partial charge in [-0.2, -0.15) is 0 Å². The first-order chi connectivity index (χ1) is 10.1. The first kappa shape index (κ1) is 16.9. The van der Waals surface area contributed by atoms with E-state index in [-0.39, 0.29) is 10.6 Å². The van der Waals surface area contributed by atoms with Crippen molar-refractivity contribution in [2.45, 2.75) is 33.2 Å². The highest BCUT2D eigenvalue weighted by Crippen LogP contribution is 2.13. The van der Waals surface area contributed by atoms with E-state index in [2.05, 4.69) is 22.1 Å². The highest BCUT2D eigenvalue weighted by molar-refractivity contribution is 5.79. The van der Waals surface area contributed by atoms with E-state index in [1.807, 2.05) is 20.0 Å². The van der Waals surface area contributed by atoms with Crippen LogP contribution < -0.4 is 5.32 Å². The number of nitrogens with one attached hydrogen (secondary N) is 1. The maximum absolute atomic E-state index is 10.8. The van der Waals surface area contributed by atoms with Gasteiger partial charge < -0.3 is 10.2 Å². The van der Waals surface area contributed by atoms with Gasteiger partial charge in [0, 0.05) is 32.3 Å². The van der Waals surface area contributed by atoms with Crippen LogP contribution in [-0.2, 0) is 6.54 Å². The summed E-state index contributed by atoms with van der Waals surface area (Å²) in [5.74, 6) is 0.831. The van der Waals surface area contributed by atoms with E-state index in [9.17, 15) is 10.1 Å². The maximum Gasteiger partial charge on any atom is 0.269 e. The molecule has 0 fully saturated rings. The number of guanidine groups is 1. The highest BCUT2D eigenvalue weighted by Gasteiger charge is 2.07. The zero-order valence-corrected chi connectivity index (χ0v) is 13.0. The molecular formula is C15H24N4O2. The predicted molar refractivity (Wildman–Crippen MR) is 85.5 cm³/mol. The van der Waals surface area contributed by atoms with Crippen molar-refractivity contribution in [1.29, 1.82) is 0 Å². The highest BCUT2D eigenvalue weighted by atomic mass is 16.6. The average Bonchev–Trinajstić information content (AvgIpc) is 2.49. The van der Waals surface area contributed by atoms with Gasteiger partial charge in [0.25, 0.3) is 5.69 Å². The summed E-state index contributed by atoms with van der Waals surface area (Å²) in [7, 11) is 2.00. The molecule has 0 aromatic heterocycles. The number of nitrogens with zero attached hydrogens (tertiary/aromatic N) is 3. The van der Waals surface area contributed by atoms with E-state index in [1.165, 1.54) is 6.07 Å². The minimum absolute atomic E-state index is 0.104. The van der Waals surface area contributed by atoms with Gasteiger partial charge >= 0.3 is 0 Å². The minimum atomic E-state index is -0.383. The topological polar surface area (TPSA) is 70.8 Å². The number of rotatable bonds is 7. The zero-order chi connectivity index (χ0) is 15.7. The Balaban J connectivity index is 2.77. The third-order valence-corrected chi connectivity index (χ3v) is 3.08. The molecule has 0 radical (unpaired) electrons. The van der Waals surface area contributed by atoms with Gasteiger partial charge in [-0.3, -0.25) is 10.1 Å². The van der Waals surface area contributed by atoms with Crippen molar-refractivity contribution in [2.24, 2.45) is 4.99 Å². The van der Waals surface area contributed by atoms with E-state index in [0.29, 0.717) is 6.54 Å². The molecule has 0 amide bonds. The van der Waals surface area contributed by atoms with Crippen molar-refractivity contribution in [1.82, 2.24) is 10.2 Å². The Labute approximate surface area is 126 Å². The zero-order valence-electron chi connectivity index (χ0n) is 13.0. The van der Waals surface area contributed by atoms with E-state index < -0.39 is 0 Å². The van der Waals surface area contributed by atoms with E-state index >= 15 is 0 Å². The number of hydrogen-bond donors (Lipinski definition) is 1. The maximum atomic E-state index is 10.8. The van der Waals surface area contributed by atoms with Gasteiger partial charge in [-0.15, -0.1) is 0 Å². The molecule has 0 unspecified atom stereocenters.